The van der Waals surface area contributed by atoms with E-state index in [1.165, 1.54) is 0 Å². The van der Waals surface area contributed by atoms with Gasteiger partial charge in [-0.15, -0.1) is 5.10 Å². The first-order valence-electron chi connectivity index (χ1n) is 14.4. The molecule has 12 heteroatoms. The summed E-state index contributed by atoms with van der Waals surface area (Å²) < 4.78 is 3.77. The molecule has 2 heterocycles. The Morgan fingerprint density at radius 2 is 1.74 bits per heavy atom. The third kappa shape index (κ3) is 8.47. The van der Waals surface area contributed by atoms with Gasteiger partial charge in [-0.05, 0) is 17.5 Å². The molecular weight excluding hydrogens is 678 g/mol. The first-order chi connectivity index (χ1) is 20.7. The zero-order valence-corrected chi connectivity index (χ0v) is 28.3. The smallest absolute Gasteiger partial charge is 0.307 e. The van der Waals surface area contributed by atoms with Crippen LogP contribution in [0.25, 0.3) is 22.5 Å². The summed E-state index contributed by atoms with van der Waals surface area (Å²) in [6.45, 7) is 5.60. The molecule has 1 unspecified atom stereocenters. The predicted octanol–water partition coefficient (Wildman–Crippen LogP) is 1.09. The second kappa shape index (κ2) is 15.5. The van der Waals surface area contributed by atoms with Gasteiger partial charge in [-0.1, -0.05) is 61.5 Å². The van der Waals surface area contributed by atoms with Crippen LogP contribution in [0, 0.1) is 5.92 Å². The molecule has 0 fully saturated rings. The quantitative estimate of drug-likeness (QED) is 0.123. The van der Waals surface area contributed by atoms with Gasteiger partial charge in [0, 0.05) is 17.7 Å². The van der Waals surface area contributed by atoms with Crippen LogP contribution < -0.4 is 31.4 Å². The van der Waals surface area contributed by atoms with Crippen molar-refractivity contribution in [2.45, 2.75) is 52.6 Å². The zero-order valence-electron chi connectivity index (χ0n) is 25.1. The number of nitrogens with one attached hydrogen (secondary N) is 1. The van der Waals surface area contributed by atoms with Crippen LogP contribution in [0.2, 0.25) is 0 Å². The number of para-hydroxylation sites is 1. The Kier molecular flexibility index (Phi) is 11.8. The number of carbonyl (C=O) groups is 4. The fourth-order valence-corrected chi connectivity index (χ4v) is 6.65. The molecule has 1 atom stereocenters. The molecule has 3 aromatic rings. The Labute approximate surface area is 265 Å². The zero-order chi connectivity index (χ0) is 30.9. The van der Waals surface area contributed by atoms with Crippen LogP contribution in [0.1, 0.15) is 45.1 Å². The molecule has 43 heavy (non-hydrogen) atoms. The maximum absolute atomic E-state index is 13.7. The van der Waals surface area contributed by atoms with E-state index >= 15 is 0 Å². The number of hydrogen-bond donors (Lipinski definition) is 1. The number of halogens is 1. The number of alkyl halides is 1. The summed E-state index contributed by atoms with van der Waals surface area (Å²) in [5.41, 5.74) is 5.30. The van der Waals surface area contributed by atoms with Crippen molar-refractivity contribution in [3.05, 3.63) is 54.1 Å². The van der Waals surface area contributed by atoms with Crippen molar-refractivity contribution < 1.29 is 40.4 Å². The minimum absolute atomic E-state index is 0.00331. The number of fused-ring (bicyclic) bond motifs is 5. The van der Waals surface area contributed by atoms with Crippen molar-refractivity contribution in [1.29, 1.82) is 0 Å². The first-order valence-corrected chi connectivity index (χ1v) is 18.8. The number of rotatable bonds is 13. The summed E-state index contributed by atoms with van der Waals surface area (Å²) in [5.74, 6) is 0.00422. The summed E-state index contributed by atoms with van der Waals surface area (Å²) in [6, 6.07) is 15.8. The van der Waals surface area contributed by atoms with Crippen molar-refractivity contribution in [2.75, 3.05) is 29.6 Å². The van der Waals surface area contributed by atoms with Gasteiger partial charge in [-0.2, -0.15) is 0 Å². The number of anilines is 1. The van der Waals surface area contributed by atoms with Gasteiger partial charge in [0.1, 0.15) is 5.69 Å². The number of amides is 3. The number of nitrogens with zero attached hydrogens (tertiary/aromatic N) is 5. The first kappa shape index (κ1) is 32.7. The normalized spacial score (nSPS) is 12.4. The maximum atomic E-state index is 13.7. The van der Waals surface area contributed by atoms with E-state index in [1.807, 2.05) is 52.1 Å². The third-order valence-corrected chi connectivity index (χ3v) is 10.1. The van der Waals surface area contributed by atoms with E-state index in [0.29, 0.717) is 31.7 Å². The minimum atomic E-state index is -0.423. The Hall–Kier alpha value is -3.18. The number of carbonyl (C=O) groups excluding carboxylic acids is 4. The Bertz CT molecular complexity index is 1480. The summed E-state index contributed by atoms with van der Waals surface area (Å²) in [5, 5.41) is 11.9. The van der Waals surface area contributed by atoms with Crippen molar-refractivity contribution in [3.8, 4) is 22.5 Å². The van der Waals surface area contributed by atoms with Crippen LogP contribution in [0.3, 0.4) is 0 Å². The van der Waals surface area contributed by atoms with Crippen LogP contribution in [0.5, 0.6) is 0 Å². The van der Waals surface area contributed by atoms with Gasteiger partial charge in [0.25, 0.3) is 0 Å². The average Bonchev–Trinajstić information content (AvgIpc) is 3.39. The van der Waals surface area contributed by atoms with Gasteiger partial charge in [-0.3, -0.25) is 4.79 Å². The third-order valence-electron chi connectivity index (χ3n) is 7.11. The van der Waals surface area contributed by atoms with Crippen molar-refractivity contribution >= 4 is 35.9 Å². The number of aromatic nitrogens is 3. The average molecular weight is 718 g/mol. The SMILES string of the molecule is C[I-]C(=O)CCCC(=O)N(C)PCC(=O)NCCC(=O)N1Cc2ccccc2-c2c(nnn2CC(C)C)-c2ccccc21. The molecule has 1 aromatic heterocycles. The Balaban J connectivity index is 1.41. The van der Waals surface area contributed by atoms with Crippen LogP contribution in [-0.4, -0.2) is 65.9 Å². The molecule has 0 radical (unpaired) electrons. The van der Waals surface area contributed by atoms with Crippen molar-refractivity contribution in [2.24, 2.45) is 5.92 Å². The summed E-state index contributed by atoms with van der Waals surface area (Å²) in [7, 11) is 1.68. The van der Waals surface area contributed by atoms with E-state index in [1.54, 1.807) is 16.6 Å². The number of hydrogen-bond acceptors (Lipinski definition) is 6. The molecule has 4 rings (SSSR count). The molecule has 10 nitrogen and oxygen atoms in total. The second-order valence-corrected chi connectivity index (χ2v) is 14.4. The summed E-state index contributed by atoms with van der Waals surface area (Å²) in [4.78, 5) is 53.7. The molecule has 1 aliphatic heterocycles. The molecular formula is C31H39IN6O4P-. The van der Waals surface area contributed by atoms with Gasteiger partial charge in [0.15, 0.2) is 0 Å². The van der Waals surface area contributed by atoms with Gasteiger partial charge in [0.05, 0.1) is 17.9 Å². The number of benzene rings is 2. The molecule has 0 saturated carbocycles. The molecule has 1 N–H and O–H groups in total. The summed E-state index contributed by atoms with van der Waals surface area (Å²) >= 11 is -0.423. The van der Waals surface area contributed by atoms with Crippen LogP contribution in [-0.2, 0) is 32.3 Å². The predicted molar refractivity (Wildman–Crippen MR) is 165 cm³/mol. The molecule has 230 valence electrons. The van der Waals surface area contributed by atoms with E-state index in [0.717, 1.165) is 40.3 Å². The molecule has 0 aliphatic carbocycles. The molecule has 2 aromatic carbocycles. The Morgan fingerprint density at radius 1 is 1.02 bits per heavy atom. The van der Waals surface area contributed by atoms with Gasteiger partial charge < -0.3 is 4.90 Å². The molecule has 0 spiro atoms. The van der Waals surface area contributed by atoms with Crippen molar-refractivity contribution in [3.63, 3.8) is 0 Å². The van der Waals surface area contributed by atoms with E-state index in [4.69, 9.17) is 0 Å². The fourth-order valence-electron chi connectivity index (χ4n) is 4.94. The van der Waals surface area contributed by atoms with Gasteiger partial charge in [0.2, 0.25) is 5.91 Å². The topological polar surface area (TPSA) is 118 Å². The van der Waals surface area contributed by atoms with E-state index in [-0.39, 0.29) is 49.4 Å². The Morgan fingerprint density at radius 3 is 2.49 bits per heavy atom. The minimum Gasteiger partial charge on any atom is -0.307 e. The van der Waals surface area contributed by atoms with E-state index in [2.05, 4.69) is 35.5 Å². The van der Waals surface area contributed by atoms with E-state index in [9.17, 15) is 19.2 Å². The molecule has 0 saturated heterocycles. The van der Waals surface area contributed by atoms with Crippen molar-refractivity contribution in [1.82, 2.24) is 25.0 Å². The fraction of sp³-hybridized carbons (Fsp3) is 0.419. The van der Waals surface area contributed by atoms with Crippen LogP contribution in [0.4, 0.5) is 5.69 Å². The standard InChI is InChI=1S/C31H39IN6O4P/c1-21(2)18-38-31-23-11-6-5-10-22(23)19-37(25-13-8-7-12-24(25)30(31)34-35-38)29(42)16-17-33-27(40)20-43-36(4)28(41)15-9-14-26(39)32-3/h5-8,10-13,21,43H,9,14-20H2,1-4H3,(H,33,40)/q-1. The monoisotopic (exact) mass is 717 g/mol. The second-order valence-electron chi connectivity index (χ2n) is 10.8. The van der Waals surface area contributed by atoms with Gasteiger partial charge in [-0.25, -0.2) is 4.68 Å². The molecule has 0 bridgehead atoms. The summed E-state index contributed by atoms with van der Waals surface area (Å²) in [6.07, 6.45) is 1.61. The van der Waals surface area contributed by atoms with Crippen LogP contribution in [0.15, 0.2) is 48.5 Å². The molecule has 3 amide bonds. The van der Waals surface area contributed by atoms with E-state index < -0.39 is 21.2 Å². The van der Waals surface area contributed by atoms with Gasteiger partial charge >= 0.3 is 120 Å². The van der Waals surface area contributed by atoms with Crippen LogP contribution >= 0.6 is 8.73 Å². The molecule has 1 aliphatic rings.